The number of nitrogens with one attached hydrogen (secondary N) is 1. The number of thiophene rings is 1. The van der Waals surface area contributed by atoms with E-state index in [9.17, 15) is 14.4 Å². The van der Waals surface area contributed by atoms with Gasteiger partial charge in [-0.05, 0) is 55.5 Å². The first-order valence-electron chi connectivity index (χ1n) is 12.5. The van der Waals surface area contributed by atoms with Gasteiger partial charge in [-0.25, -0.2) is 4.79 Å². The van der Waals surface area contributed by atoms with Gasteiger partial charge in [0.1, 0.15) is 5.76 Å². The van der Waals surface area contributed by atoms with E-state index in [1.807, 2.05) is 17.0 Å². The second-order valence-electron chi connectivity index (χ2n) is 9.66. The smallest absolute Gasteiger partial charge is 0.336 e. The molecule has 3 aromatic rings. The highest BCUT2D eigenvalue weighted by Gasteiger charge is 2.26. The van der Waals surface area contributed by atoms with Gasteiger partial charge in [-0.1, -0.05) is 24.3 Å². The molecule has 2 amide bonds. The number of hydrogen-bond acceptors (Lipinski definition) is 6. The maximum atomic E-state index is 13.0. The summed E-state index contributed by atoms with van der Waals surface area (Å²) in [6.45, 7) is 7.58. The second kappa shape index (κ2) is 10.4. The molecule has 1 aliphatic carbocycles. The van der Waals surface area contributed by atoms with E-state index >= 15 is 0 Å². The lowest BCUT2D eigenvalue weighted by atomic mass is 10.0. The Balaban J connectivity index is 1.12. The van der Waals surface area contributed by atoms with Crippen LogP contribution in [-0.2, 0) is 13.0 Å². The van der Waals surface area contributed by atoms with Crippen molar-refractivity contribution in [2.45, 2.75) is 39.2 Å². The number of amides is 2. The molecule has 7 nitrogen and oxygen atoms in total. The minimum Gasteiger partial charge on any atom is -0.427 e. The van der Waals surface area contributed by atoms with Crippen LogP contribution in [0, 0.1) is 13.8 Å². The van der Waals surface area contributed by atoms with Crippen LogP contribution in [0.15, 0.2) is 51.7 Å². The Bertz CT molecular complexity index is 1310. The molecule has 188 valence electrons. The highest BCUT2D eigenvalue weighted by atomic mass is 32.1. The topological polar surface area (TPSA) is 82.9 Å². The van der Waals surface area contributed by atoms with Crippen molar-refractivity contribution in [1.29, 1.82) is 0 Å². The number of carbonyl (C=O) groups excluding carboxylic acids is 2. The number of aryl methyl sites for hydroxylation is 3. The van der Waals surface area contributed by atoms with Gasteiger partial charge in [-0.3, -0.25) is 14.5 Å². The van der Waals surface area contributed by atoms with Crippen LogP contribution in [-0.4, -0.2) is 54.3 Å². The molecule has 1 fully saturated rings. The van der Waals surface area contributed by atoms with Crippen molar-refractivity contribution < 1.29 is 14.0 Å². The third-order valence-corrected chi connectivity index (χ3v) is 8.31. The Morgan fingerprint density at radius 1 is 1.08 bits per heavy atom. The lowest BCUT2D eigenvalue weighted by molar-refractivity contribution is 0.0624. The van der Waals surface area contributed by atoms with Crippen LogP contribution >= 0.6 is 11.3 Å². The SMILES string of the molecule is Cc1cc(=O)oc(C)c1C(=O)N1CCN(Cc2ccc(C(=O)NCC3CCc4ccccc43)s2)CC1. The third-order valence-electron chi connectivity index (χ3n) is 7.24. The molecule has 1 saturated heterocycles. The predicted molar refractivity (Wildman–Crippen MR) is 140 cm³/mol. The Morgan fingerprint density at radius 2 is 1.86 bits per heavy atom. The minimum atomic E-state index is -0.431. The van der Waals surface area contributed by atoms with Crippen LogP contribution in [0.3, 0.4) is 0 Å². The Morgan fingerprint density at radius 3 is 2.64 bits per heavy atom. The molecule has 0 saturated carbocycles. The van der Waals surface area contributed by atoms with Crippen molar-refractivity contribution >= 4 is 23.2 Å². The summed E-state index contributed by atoms with van der Waals surface area (Å²) in [7, 11) is 0. The summed E-state index contributed by atoms with van der Waals surface area (Å²) in [5, 5.41) is 3.13. The summed E-state index contributed by atoms with van der Waals surface area (Å²) in [4.78, 5) is 43.3. The van der Waals surface area contributed by atoms with E-state index in [2.05, 4.69) is 34.5 Å². The molecule has 0 bridgehead atoms. The normalized spacial score (nSPS) is 17.7. The van der Waals surface area contributed by atoms with Crippen molar-refractivity contribution in [3.63, 3.8) is 0 Å². The van der Waals surface area contributed by atoms with Crippen molar-refractivity contribution in [1.82, 2.24) is 15.1 Å². The molecular formula is C28H31N3O4S. The average Bonchev–Trinajstić information content (AvgIpc) is 3.49. The van der Waals surface area contributed by atoms with Gasteiger partial charge in [0.2, 0.25) is 0 Å². The summed E-state index contributed by atoms with van der Waals surface area (Å²) in [5.41, 5.74) is 3.47. The fourth-order valence-corrected chi connectivity index (χ4v) is 6.28. The Hall–Kier alpha value is -3.23. The van der Waals surface area contributed by atoms with Crippen LogP contribution in [0.5, 0.6) is 0 Å². The van der Waals surface area contributed by atoms with Crippen molar-refractivity contribution in [2.24, 2.45) is 0 Å². The quantitative estimate of drug-likeness (QED) is 0.552. The van der Waals surface area contributed by atoms with Gasteiger partial charge >= 0.3 is 5.63 Å². The van der Waals surface area contributed by atoms with E-state index in [1.165, 1.54) is 28.5 Å². The zero-order valence-electron chi connectivity index (χ0n) is 20.7. The average molecular weight is 506 g/mol. The highest BCUT2D eigenvalue weighted by Crippen LogP contribution is 2.32. The first-order valence-corrected chi connectivity index (χ1v) is 13.3. The lowest BCUT2D eigenvalue weighted by Gasteiger charge is -2.34. The number of benzene rings is 1. The van der Waals surface area contributed by atoms with E-state index < -0.39 is 5.63 Å². The zero-order chi connectivity index (χ0) is 25.2. The third kappa shape index (κ3) is 5.15. The Labute approximate surface area is 214 Å². The van der Waals surface area contributed by atoms with E-state index in [1.54, 1.807) is 13.8 Å². The summed E-state index contributed by atoms with van der Waals surface area (Å²) < 4.78 is 5.14. The molecule has 1 N–H and O–H groups in total. The first-order chi connectivity index (χ1) is 17.4. The molecule has 1 aromatic carbocycles. The fraction of sp³-hybridized carbons (Fsp3) is 0.393. The molecular weight excluding hydrogens is 474 g/mol. The Kier molecular flexibility index (Phi) is 7.07. The molecule has 0 spiro atoms. The number of piperazine rings is 1. The first kappa shape index (κ1) is 24.5. The van der Waals surface area contributed by atoms with E-state index in [0.717, 1.165) is 42.2 Å². The molecule has 0 radical (unpaired) electrons. The molecule has 1 aliphatic heterocycles. The maximum absolute atomic E-state index is 13.0. The van der Waals surface area contributed by atoms with Gasteiger partial charge in [0, 0.05) is 56.1 Å². The molecule has 8 heteroatoms. The summed E-state index contributed by atoms with van der Waals surface area (Å²) >= 11 is 1.54. The predicted octanol–water partition coefficient (Wildman–Crippen LogP) is 3.74. The molecule has 5 rings (SSSR count). The molecule has 1 unspecified atom stereocenters. The van der Waals surface area contributed by atoms with Gasteiger partial charge in [0.05, 0.1) is 10.4 Å². The molecule has 2 aliphatic rings. The number of rotatable bonds is 6. The maximum Gasteiger partial charge on any atom is 0.336 e. The fourth-order valence-electron chi connectivity index (χ4n) is 5.31. The van der Waals surface area contributed by atoms with E-state index in [0.29, 0.717) is 42.4 Å². The minimum absolute atomic E-state index is 0.00806. The standard InChI is InChI=1S/C28H31N3O4S/c1-18-15-25(32)35-19(2)26(18)28(34)31-13-11-30(12-14-31)17-22-9-10-24(36-22)27(33)29-16-21-8-7-20-5-3-4-6-23(20)21/h3-6,9-10,15,21H,7-8,11-14,16-17H2,1-2H3,(H,29,33). The van der Waals surface area contributed by atoms with Crippen LogP contribution in [0.4, 0.5) is 0 Å². The van der Waals surface area contributed by atoms with E-state index in [-0.39, 0.29) is 11.8 Å². The number of hydrogen-bond donors (Lipinski definition) is 1. The number of fused-ring (bicyclic) bond motifs is 1. The molecule has 3 heterocycles. The largest absolute Gasteiger partial charge is 0.427 e. The molecule has 1 atom stereocenters. The van der Waals surface area contributed by atoms with Crippen LogP contribution in [0.2, 0.25) is 0 Å². The van der Waals surface area contributed by atoms with Gasteiger partial charge < -0.3 is 14.6 Å². The lowest BCUT2D eigenvalue weighted by Crippen LogP contribution is -2.48. The van der Waals surface area contributed by atoms with Crippen molar-refractivity contribution in [3.8, 4) is 0 Å². The summed E-state index contributed by atoms with van der Waals surface area (Å²) in [6.07, 6.45) is 2.17. The van der Waals surface area contributed by atoms with Gasteiger partial charge in [-0.15, -0.1) is 11.3 Å². The van der Waals surface area contributed by atoms with Crippen LogP contribution in [0.25, 0.3) is 0 Å². The van der Waals surface area contributed by atoms with Crippen LogP contribution in [0.1, 0.15) is 59.7 Å². The molecule has 2 aromatic heterocycles. The zero-order valence-corrected chi connectivity index (χ0v) is 21.5. The van der Waals surface area contributed by atoms with Crippen molar-refractivity contribution in [2.75, 3.05) is 32.7 Å². The van der Waals surface area contributed by atoms with Crippen LogP contribution < -0.4 is 10.9 Å². The van der Waals surface area contributed by atoms with Crippen molar-refractivity contribution in [3.05, 3.63) is 90.7 Å². The van der Waals surface area contributed by atoms with Gasteiger partial charge in [0.25, 0.3) is 11.8 Å². The monoisotopic (exact) mass is 505 g/mol. The molecule has 36 heavy (non-hydrogen) atoms. The summed E-state index contributed by atoms with van der Waals surface area (Å²) in [5.74, 6) is 0.664. The number of nitrogens with zero attached hydrogens (tertiary/aromatic N) is 2. The number of carbonyl (C=O) groups is 2. The second-order valence-corrected chi connectivity index (χ2v) is 10.8. The van der Waals surface area contributed by atoms with Gasteiger partial charge in [0.15, 0.2) is 0 Å². The summed E-state index contributed by atoms with van der Waals surface area (Å²) in [6, 6.07) is 13.8. The van der Waals surface area contributed by atoms with Gasteiger partial charge in [-0.2, -0.15) is 0 Å². The highest BCUT2D eigenvalue weighted by molar-refractivity contribution is 7.14. The van der Waals surface area contributed by atoms with E-state index in [4.69, 9.17) is 4.42 Å².